The zero-order chi connectivity index (χ0) is 18.9. The van der Waals surface area contributed by atoms with Crippen molar-refractivity contribution >= 4 is 17.6 Å². The highest BCUT2D eigenvalue weighted by Gasteiger charge is 2.50. The van der Waals surface area contributed by atoms with E-state index in [4.69, 9.17) is 0 Å². The van der Waals surface area contributed by atoms with Crippen LogP contribution < -0.4 is 16.0 Å². The highest BCUT2D eigenvalue weighted by molar-refractivity contribution is 5.94. The molecular formula is C22H31N3O2. The van der Waals surface area contributed by atoms with Crippen molar-refractivity contribution in [2.24, 2.45) is 23.2 Å². The number of urea groups is 1. The lowest BCUT2D eigenvalue weighted by Crippen LogP contribution is -2.52. The van der Waals surface area contributed by atoms with Gasteiger partial charge in [-0.05, 0) is 79.7 Å². The minimum atomic E-state index is -0.232. The van der Waals surface area contributed by atoms with Crippen molar-refractivity contribution in [1.82, 2.24) is 10.6 Å². The molecular weight excluding hydrogens is 338 g/mol. The van der Waals surface area contributed by atoms with Gasteiger partial charge in [-0.3, -0.25) is 4.79 Å². The quantitative estimate of drug-likeness (QED) is 0.715. The largest absolute Gasteiger partial charge is 0.338 e. The minimum absolute atomic E-state index is 0.00917. The Morgan fingerprint density at radius 1 is 1.00 bits per heavy atom. The van der Waals surface area contributed by atoms with Crippen LogP contribution in [-0.2, 0) is 11.2 Å². The van der Waals surface area contributed by atoms with E-state index in [1.165, 1.54) is 38.5 Å². The topological polar surface area (TPSA) is 70.2 Å². The molecule has 0 radical (unpaired) electrons. The average Bonchev–Trinajstić information content (AvgIpc) is 2.64. The summed E-state index contributed by atoms with van der Waals surface area (Å²) in [5.41, 5.74) is 2.23. The zero-order valence-electron chi connectivity index (χ0n) is 16.2. The summed E-state index contributed by atoms with van der Waals surface area (Å²) in [4.78, 5) is 24.4. The Bertz CT molecular complexity index is 680. The first-order chi connectivity index (χ1) is 13.0. The minimum Gasteiger partial charge on any atom is -0.338 e. The number of carbonyl (C=O) groups excluding carboxylic acids is 2. The first-order valence-electron chi connectivity index (χ1n) is 10.4. The number of hydrogen-bond donors (Lipinski definition) is 3. The third-order valence-electron chi connectivity index (χ3n) is 6.87. The van der Waals surface area contributed by atoms with Crippen LogP contribution in [0.1, 0.15) is 51.0 Å². The van der Waals surface area contributed by atoms with E-state index in [-0.39, 0.29) is 18.5 Å². The van der Waals surface area contributed by atoms with Gasteiger partial charge in [0.15, 0.2) is 0 Å². The molecule has 0 saturated heterocycles. The molecule has 4 bridgehead atoms. The van der Waals surface area contributed by atoms with Crippen molar-refractivity contribution in [1.29, 1.82) is 0 Å². The molecule has 0 heterocycles. The van der Waals surface area contributed by atoms with Crippen molar-refractivity contribution in [2.45, 2.75) is 51.9 Å². The Kier molecular flexibility index (Phi) is 5.11. The van der Waals surface area contributed by atoms with E-state index < -0.39 is 0 Å². The molecule has 1 aromatic rings. The van der Waals surface area contributed by atoms with Gasteiger partial charge >= 0.3 is 6.03 Å². The van der Waals surface area contributed by atoms with Crippen LogP contribution in [0.2, 0.25) is 0 Å². The second-order valence-electron chi connectivity index (χ2n) is 9.01. The van der Waals surface area contributed by atoms with E-state index in [1.54, 1.807) is 0 Å². The lowest BCUT2D eigenvalue weighted by molar-refractivity contribution is -0.115. The second kappa shape index (κ2) is 7.53. The molecule has 27 heavy (non-hydrogen) atoms. The number of para-hydroxylation sites is 1. The van der Waals surface area contributed by atoms with E-state index in [0.717, 1.165) is 42.0 Å². The summed E-state index contributed by atoms with van der Waals surface area (Å²) in [7, 11) is 0. The summed E-state index contributed by atoms with van der Waals surface area (Å²) in [6, 6.07) is 7.53. The molecule has 5 heteroatoms. The molecule has 0 spiro atoms. The fourth-order valence-corrected chi connectivity index (χ4v) is 6.14. The van der Waals surface area contributed by atoms with Gasteiger partial charge < -0.3 is 16.0 Å². The molecule has 0 atom stereocenters. The number of anilines is 1. The van der Waals surface area contributed by atoms with Gasteiger partial charge in [0.1, 0.15) is 0 Å². The second-order valence-corrected chi connectivity index (χ2v) is 9.01. The summed E-state index contributed by atoms with van der Waals surface area (Å²) in [5.74, 6) is 2.45. The summed E-state index contributed by atoms with van der Waals surface area (Å²) in [5, 5.41) is 8.65. The van der Waals surface area contributed by atoms with Crippen LogP contribution in [0.25, 0.3) is 0 Å². The van der Waals surface area contributed by atoms with E-state index in [9.17, 15) is 9.59 Å². The summed E-state index contributed by atoms with van der Waals surface area (Å²) >= 11 is 0. The smallest absolute Gasteiger partial charge is 0.315 e. The summed E-state index contributed by atoms with van der Waals surface area (Å²) < 4.78 is 0. The number of amides is 3. The zero-order valence-corrected chi connectivity index (χ0v) is 16.2. The summed E-state index contributed by atoms with van der Waals surface area (Å²) in [6.45, 7) is 2.80. The predicted molar refractivity (Wildman–Crippen MR) is 106 cm³/mol. The molecule has 1 aromatic carbocycles. The average molecular weight is 370 g/mol. The van der Waals surface area contributed by atoms with Gasteiger partial charge in [-0.1, -0.05) is 25.1 Å². The molecule has 5 nitrogen and oxygen atoms in total. The molecule has 0 aliphatic heterocycles. The normalized spacial score (nSPS) is 30.8. The van der Waals surface area contributed by atoms with E-state index >= 15 is 0 Å². The van der Waals surface area contributed by atoms with Crippen molar-refractivity contribution in [3.05, 3.63) is 29.8 Å². The lowest BCUT2D eigenvalue weighted by Gasteiger charge is -2.56. The van der Waals surface area contributed by atoms with Gasteiger partial charge in [-0.25, -0.2) is 4.79 Å². The van der Waals surface area contributed by atoms with Crippen molar-refractivity contribution in [3.8, 4) is 0 Å². The maximum Gasteiger partial charge on any atom is 0.315 e. The van der Waals surface area contributed by atoms with Crippen molar-refractivity contribution in [3.63, 3.8) is 0 Å². The van der Waals surface area contributed by atoms with Gasteiger partial charge in [-0.15, -0.1) is 0 Å². The Morgan fingerprint density at radius 2 is 1.63 bits per heavy atom. The fraction of sp³-hybridized carbons (Fsp3) is 0.636. The van der Waals surface area contributed by atoms with Crippen molar-refractivity contribution in [2.75, 3.05) is 18.4 Å². The van der Waals surface area contributed by atoms with E-state index in [0.29, 0.717) is 5.41 Å². The third kappa shape index (κ3) is 4.12. The van der Waals surface area contributed by atoms with Gasteiger partial charge in [0.2, 0.25) is 5.91 Å². The first kappa shape index (κ1) is 18.3. The lowest BCUT2D eigenvalue weighted by atomic mass is 9.49. The predicted octanol–water partition coefficient (Wildman–Crippen LogP) is 3.70. The molecule has 0 unspecified atom stereocenters. The Labute approximate surface area is 161 Å². The Balaban J connectivity index is 1.23. The SMILES string of the molecule is CCc1ccccc1NC(=O)CNC(=O)NCC12CC3CC(CC(C3)C1)C2. The molecule has 4 aliphatic carbocycles. The number of rotatable bonds is 6. The number of carbonyl (C=O) groups is 2. The third-order valence-corrected chi connectivity index (χ3v) is 6.87. The molecule has 5 rings (SSSR count). The Morgan fingerprint density at radius 3 is 2.26 bits per heavy atom. The van der Waals surface area contributed by atoms with Crippen LogP contribution in [0.3, 0.4) is 0 Å². The number of nitrogens with one attached hydrogen (secondary N) is 3. The molecule has 3 N–H and O–H groups in total. The molecule has 146 valence electrons. The van der Waals surface area contributed by atoms with Crippen LogP contribution in [0.4, 0.5) is 10.5 Å². The van der Waals surface area contributed by atoms with Gasteiger partial charge in [0.05, 0.1) is 6.54 Å². The number of benzene rings is 1. The standard InChI is InChI=1S/C22H31N3O2/c1-2-18-5-3-4-6-19(18)25-20(26)13-23-21(27)24-14-22-10-15-7-16(11-22)9-17(8-15)12-22/h3-6,15-17H,2,7-14H2,1H3,(H,25,26)(H2,23,24,27). The fourth-order valence-electron chi connectivity index (χ4n) is 6.14. The summed E-state index contributed by atoms with van der Waals surface area (Å²) in [6.07, 6.45) is 8.89. The van der Waals surface area contributed by atoms with Crippen molar-refractivity contribution < 1.29 is 9.59 Å². The highest BCUT2D eigenvalue weighted by Crippen LogP contribution is 2.59. The van der Waals surface area contributed by atoms with Crippen LogP contribution in [-0.4, -0.2) is 25.0 Å². The highest BCUT2D eigenvalue weighted by atomic mass is 16.2. The van der Waals surface area contributed by atoms with Gasteiger partial charge in [-0.2, -0.15) is 0 Å². The van der Waals surface area contributed by atoms with Crippen LogP contribution in [0, 0.1) is 23.2 Å². The molecule has 4 saturated carbocycles. The Hall–Kier alpha value is -2.04. The van der Waals surface area contributed by atoms with E-state index in [2.05, 4.69) is 22.9 Å². The van der Waals surface area contributed by atoms with Crippen LogP contribution in [0.5, 0.6) is 0 Å². The first-order valence-corrected chi connectivity index (χ1v) is 10.4. The number of hydrogen-bond acceptors (Lipinski definition) is 2. The van der Waals surface area contributed by atoms with Gasteiger partial charge in [0.25, 0.3) is 0 Å². The molecule has 4 fully saturated rings. The van der Waals surface area contributed by atoms with Crippen LogP contribution in [0.15, 0.2) is 24.3 Å². The molecule has 4 aliphatic rings. The van der Waals surface area contributed by atoms with E-state index in [1.807, 2.05) is 24.3 Å². The monoisotopic (exact) mass is 369 g/mol. The number of aryl methyl sites for hydroxylation is 1. The van der Waals surface area contributed by atoms with Crippen LogP contribution >= 0.6 is 0 Å². The molecule has 0 aromatic heterocycles. The van der Waals surface area contributed by atoms with Gasteiger partial charge in [0, 0.05) is 12.2 Å². The molecule has 3 amide bonds. The maximum atomic E-state index is 12.2. The maximum absolute atomic E-state index is 12.2.